The minimum absolute atomic E-state index is 0.263. The molecule has 0 saturated heterocycles. The number of benzene rings is 1. The number of aromatic nitrogens is 2. The number of ether oxygens (including phenoxy) is 1. The van der Waals surface area contributed by atoms with Gasteiger partial charge in [-0.1, -0.05) is 0 Å². The van der Waals surface area contributed by atoms with Crippen molar-refractivity contribution in [3.05, 3.63) is 41.7 Å². The highest BCUT2D eigenvalue weighted by molar-refractivity contribution is 7.90. The van der Waals surface area contributed by atoms with Crippen LogP contribution in [-0.2, 0) is 10.2 Å². The van der Waals surface area contributed by atoms with Crippen molar-refractivity contribution >= 4 is 15.9 Å². The Morgan fingerprint density at radius 2 is 1.59 bits per heavy atom. The van der Waals surface area contributed by atoms with Crippen LogP contribution in [0.2, 0.25) is 0 Å². The van der Waals surface area contributed by atoms with E-state index < -0.39 is 10.2 Å². The minimum atomic E-state index is -3.52. The first-order valence-corrected chi connectivity index (χ1v) is 8.01. The second kappa shape index (κ2) is 6.29. The van der Waals surface area contributed by atoms with E-state index in [0.717, 1.165) is 15.7 Å². The molecule has 1 aromatic heterocycles. The van der Waals surface area contributed by atoms with Crippen LogP contribution in [0.25, 0.3) is 0 Å². The fraction of sp³-hybridized carbons (Fsp3) is 0.286. The molecule has 1 aromatic carbocycles. The largest absolute Gasteiger partial charge is 0.424 e. The van der Waals surface area contributed by atoms with Crippen LogP contribution < -0.4 is 9.46 Å². The van der Waals surface area contributed by atoms with E-state index in [2.05, 4.69) is 14.7 Å². The maximum atomic E-state index is 11.7. The molecule has 1 N–H and O–H groups in total. The fourth-order valence-corrected chi connectivity index (χ4v) is 2.29. The van der Waals surface area contributed by atoms with Crippen molar-refractivity contribution in [2.45, 2.75) is 13.8 Å². The Hall–Kier alpha value is -2.19. The summed E-state index contributed by atoms with van der Waals surface area (Å²) in [4.78, 5) is 8.37. The zero-order valence-corrected chi connectivity index (χ0v) is 13.7. The van der Waals surface area contributed by atoms with Gasteiger partial charge >= 0.3 is 16.2 Å². The third-order valence-corrected chi connectivity index (χ3v) is 4.21. The summed E-state index contributed by atoms with van der Waals surface area (Å²) in [5.74, 6) is 0.526. The first-order chi connectivity index (χ1) is 10.3. The summed E-state index contributed by atoms with van der Waals surface area (Å²) in [7, 11) is -0.605. The molecule has 0 aliphatic heterocycles. The van der Waals surface area contributed by atoms with Gasteiger partial charge in [0.2, 0.25) is 0 Å². The highest BCUT2D eigenvalue weighted by atomic mass is 32.2. The van der Waals surface area contributed by atoms with E-state index in [0.29, 0.717) is 11.4 Å². The number of hydrogen-bond acceptors (Lipinski definition) is 5. The van der Waals surface area contributed by atoms with Gasteiger partial charge in [0.15, 0.2) is 0 Å². The summed E-state index contributed by atoms with van der Waals surface area (Å²) in [5, 5.41) is 0. The molecule has 0 aliphatic carbocycles. The molecule has 1 heterocycles. The van der Waals surface area contributed by atoms with Gasteiger partial charge in [0.1, 0.15) is 5.75 Å². The summed E-state index contributed by atoms with van der Waals surface area (Å²) < 4.78 is 32.5. The van der Waals surface area contributed by atoms with Gasteiger partial charge in [-0.25, -0.2) is 9.97 Å². The van der Waals surface area contributed by atoms with Gasteiger partial charge in [-0.3, -0.25) is 4.72 Å². The number of hydrogen-bond donors (Lipinski definition) is 1. The molecule has 7 nitrogen and oxygen atoms in total. The normalized spacial score (nSPS) is 11.5. The van der Waals surface area contributed by atoms with Gasteiger partial charge in [0.05, 0.1) is 5.69 Å². The molecule has 8 heteroatoms. The first kappa shape index (κ1) is 16.2. The fourth-order valence-electron chi connectivity index (χ4n) is 1.68. The first-order valence-electron chi connectivity index (χ1n) is 6.57. The lowest BCUT2D eigenvalue weighted by Crippen LogP contribution is -2.28. The molecule has 2 rings (SSSR count). The summed E-state index contributed by atoms with van der Waals surface area (Å²) >= 11 is 0. The average Bonchev–Trinajstić information content (AvgIpc) is 2.39. The minimum Gasteiger partial charge on any atom is -0.424 e. The van der Waals surface area contributed by atoms with Gasteiger partial charge in [-0.05, 0) is 44.2 Å². The van der Waals surface area contributed by atoms with Crippen LogP contribution in [0.4, 0.5) is 5.69 Å². The van der Waals surface area contributed by atoms with E-state index in [1.165, 1.54) is 14.1 Å². The third kappa shape index (κ3) is 4.15. The smallest absolute Gasteiger partial charge is 0.322 e. The average molecular weight is 322 g/mol. The van der Waals surface area contributed by atoms with Crippen LogP contribution in [0.1, 0.15) is 11.4 Å². The molecule has 0 amide bonds. The van der Waals surface area contributed by atoms with Crippen LogP contribution in [-0.4, -0.2) is 36.8 Å². The van der Waals surface area contributed by atoms with E-state index in [4.69, 9.17) is 4.74 Å². The summed E-state index contributed by atoms with van der Waals surface area (Å²) in [6.45, 7) is 3.72. The van der Waals surface area contributed by atoms with Gasteiger partial charge in [0, 0.05) is 25.5 Å². The molecule has 0 radical (unpaired) electrons. The molecule has 2 aromatic rings. The molecule has 22 heavy (non-hydrogen) atoms. The predicted octanol–water partition coefficient (Wildman–Crippen LogP) is 2.10. The lowest BCUT2D eigenvalue weighted by atomic mass is 10.3. The van der Waals surface area contributed by atoms with E-state index in [-0.39, 0.29) is 6.01 Å². The maximum Gasteiger partial charge on any atom is 0.322 e. The van der Waals surface area contributed by atoms with Crippen molar-refractivity contribution in [3.63, 3.8) is 0 Å². The van der Waals surface area contributed by atoms with Crippen molar-refractivity contribution in [1.82, 2.24) is 14.3 Å². The Kier molecular flexibility index (Phi) is 4.62. The molecule has 0 saturated carbocycles. The molecular weight excluding hydrogens is 304 g/mol. The topological polar surface area (TPSA) is 84.4 Å². The van der Waals surface area contributed by atoms with Crippen molar-refractivity contribution in [2.75, 3.05) is 18.8 Å². The quantitative estimate of drug-likeness (QED) is 0.911. The Labute approximate surface area is 130 Å². The molecule has 0 bridgehead atoms. The number of nitrogens with zero attached hydrogens (tertiary/aromatic N) is 3. The van der Waals surface area contributed by atoms with E-state index >= 15 is 0 Å². The lowest BCUT2D eigenvalue weighted by molar-refractivity contribution is 0.439. The Morgan fingerprint density at radius 3 is 2.09 bits per heavy atom. The standard InChI is InChI=1S/C14H18N4O3S/c1-10-9-11(2)16-14(15-10)21-13-7-5-12(6-8-13)17-22(19,20)18(3)4/h5-9,17H,1-4H3. The monoisotopic (exact) mass is 322 g/mol. The Morgan fingerprint density at radius 1 is 1.05 bits per heavy atom. The zero-order chi connectivity index (χ0) is 16.3. The van der Waals surface area contributed by atoms with Crippen molar-refractivity contribution in [2.24, 2.45) is 0 Å². The molecule has 0 unspecified atom stereocenters. The highest BCUT2D eigenvalue weighted by Gasteiger charge is 2.12. The second-order valence-electron chi connectivity index (χ2n) is 4.95. The van der Waals surface area contributed by atoms with Gasteiger partial charge in [-0.15, -0.1) is 0 Å². The van der Waals surface area contributed by atoms with Crippen molar-refractivity contribution in [1.29, 1.82) is 0 Å². The van der Waals surface area contributed by atoms with E-state index in [9.17, 15) is 8.42 Å². The van der Waals surface area contributed by atoms with E-state index in [1.54, 1.807) is 24.3 Å². The lowest BCUT2D eigenvalue weighted by Gasteiger charge is -2.13. The number of aryl methyl sites for hydroxylation is 2. The number of rotatable bonds is 5. The molecule has 0 atom stereocenters. The Balaban J connectivity index is 2.12. The highest BCUT2D eigenvalue weighted by Crippen LogP contribution is 2.21. The molecule has 0 aliphatic rings. The summed E-state index contributed by atoms with van der Waals surface area (Å²) in [6, 6.07) is 8.63. The van der Waals surface area contributed by atoms with Crippen LogP contribution in [0.15, 0.2) is 30.3 Å². The van der Waals surface area contributed by atoms with Crippen molar-refractivity contribution < 1.29 is 13.2 Å². The van der Waals surface area contributed by atoms with Crippen LogP contribution >= 0.6 is 0 Å². The van der Waals surface area contributed by atoms with Gasteiger partial charge in [0.25, 0.3) is 0 Å². The van der Waals surface area contributed by atoms with Crippen molar-refractivity contribution in [3.8, 4) is 11.8 Å². The Bertz CT molecular complexity index is 738. The molecular formula is C14H18N4O3S. The third-order valence-electron chi connectivity index (χ3n) is 2.75. The SMILES string of the molecule is Cc1cc(C)nc(Oc2ccc(NS(=O)(=O)N(C)C)cc2)n1. The number of anilines is 1. The summed E-state index contributed by atoms with van der Waals surface area (Å²) in [6.07, 6.45) is 0. The maximum absolute atomic E-state index is 11.7. The van der Waals surface area contributed by atoms with Crippen LogP contribution in [0, 0.1) is 13.8 Å². The number of nitrogens with one attached hydrogen (secondary N) is 1. The second-order valence-corrected chi connectivity index (χ2v) is 6.83. The zero-order valence-electron chi connectivity index (χ0n) is 12.9. The summed E-state index contributed by atoms with van der Waals surface area (Å²) in [5.41, 5.74) is 2.08. The van der Waals surface area contributed by atoms with E-state index in [1.807, 2.05) is 19.9 Å². The van der Waals surface area contributed by atoms with Gasteiger partial charge in [-0.2, -0.15) is 12.7 Å². The predicted molar refractivity (Wildman–Crippen MR) is 84.3 cm³/mol. The van der Waals surface area contributed by atoms with Crippen LogP contribution in [0.3, 0.4) is 0 Å². The molecule has 118 valence electrons. The molecule has 0 fully saturated rings. The van der Waals surface area contributed by atoms with Gasteiger partial charge < -0.3 is 4.74 Å². The molecule has 0 spiro atoms. The van der Waals surface area contributed by atoms with Crippen LogP contribution in [0.5, 0.6) is 11.8 Å².